The number of hydrogen-bond donors (Lipinski definition) is 0. The summed E-state index contributed by atoms with van der Waals surface area (Å²) in [5.74, 6) is 0. The number of benzene rings is 1. The molecule has 1 aliphatic heterocycles. The standard InChI is InChI=1S/C12H14N2OSe/c1-12(7-16-8-12)14-10-6-4-3-5-9(10)13(2)11(14)15/h3-6H,7-8H2,1-2H3. The molecular weight excluding hydrogens is 267 g/mol. The molecule has 0 unspecified atom stereocenters. The summed E-state index contributed by atoms with van der Waals surface area (Å²) < 4.78 is 3.75. The van der Waals surface area contributed by atoms with Gasteiger partial charge >= 0.3 is 100 Å². The topological polar surface area (TPSA) is 26.9 Å². The third-order valence-corrected chi connectivity index (χ3v) is 6.79. The number of para-hydroxylation sites is 2. The van der Waals surface area contributed by atoms with Gasteiger partial charge in [-0.15, -0.1) is 0 Å². The van der Waals surface area contributed by atoms with Crippen molar-refractivity contribution in [3.63, 3.8) is 0 Å². The number of hydrogen-bond acceptors (Lipinski definition) is 1. The fourth-order valence-corrected chi connectivity index (χ4v) is 4.55. The van der Waals surface area contributed by atoms with Crippen molar-refractivity contribution < 1.29 is 0 Å². The zero-order chi connectivity index (χ0) is 11.3. The minimum atomic E-state index is 0.0674. The summed E-state index contributed by atoms with van der Waals surface area (Å²) in [6.07, 6.45) is 0. The fourth-order valence-electron chi connectivity index (χ4n) is 2.34. The second-order valence-corrected chi connectivity index (χ2v) is 6.72. The van der Waals surface area contributed by atoms with E-state index in [1.54, 1.807) is 4.57 Å². The molecule has 2 heterocycles. The first-order valence-electron chi connectivity index (χ1n) is 5.38. The summed E-state index contributed by atoms with van der Waals surface area (Å²) in [6.45, 7) is 2.20. The van der Waals surface area contributed by atoms with Crippen LogP contribution >= 0.6 is 0 Å². The van der Waals surface area contributed by atoms with Crippen molar-refractivity contribution in [2.45, 2.75) is 23.1 Å². The first kappa shape index (κ1) is 10.2. The van der Waals surface area contributed by atoms with Gasteiger partial charge in [0.1, 0.15) is 0 Å². The van der Waals surface area contributed by atoms with E-state index in [-0.39, 0.29) is 11.2 Å². The Bertz CT molecular complexity index is 607. The molecule has 4 heteroatoms. The Morgan fingerprint density at radius 2 is 1.88 bits per heavy atom. The molecule has 0 spiro atoms. The van der Waals surface area contributed by atoms with Gasteiger partial charge in [0.15, 0.2) is 0 Å². The van der Waals surface area contributed by atoms with Gasteiger partial charge in [0.25, 0.3) is 0 Å². The Balaban J connectivity index is 2.40. The monoisotopic (exact) mass is 282 g/mol. The van der Waals surface area contributed by atoms with Crippen LogP contribution in [0.2, 0.25) is 10.6 Å². The SMILES string of the molecule is Cn1c(=O)n(C2(C)C[Se]C2)c2ccccc21. The second-order valence-electron chi connectivity index (χ2n) is 4.66. The number of imidazole rings is 1. The number of aromatic nitrogens is 2. The van der Waals surface area contributed by atoms with E-state index in [1.165, 1.54) is 10.6 Å². The second kappa shape index (κ2) is 3.25. The van der Waals surface area contributed by atoms with Crippen molar-refractivity contribution >= 4 is 26.0 Å². The molecule has 0 bridgehead atoms. The molecule has 0 aliphatic carbocycles. The predicted octanol–water partition coefficient (Wildman–Crippen LogP) is 1.61. The minimum absolute atomic E-state index is 0.0674. The van der Waals surface area contributed by atoms with E-state index < -0.39 is 0 Å². The van der Waals surface area contributed by atoms with Crippen LogP contribution in [0.15, 0.2) is 29.1 Å². The molecule has 0 radical (unpaired) electrons. The molecule has 1 aliphatic rings. The molecule has 1 fully saturated rings. The van der Waals surface area contributed by atoms with Crippen molar-refractivity contribution in [2.24, 2.45) is 7.05 Å². The Hall–Kier alpha value is -0.991. The van der Waals surface area contributed by atoms with Crippen LogP contribution < -0.4 is 5.69 Å². The predicted molar refractivity (Wildman–Crippen MR) is 66.2 cm³/mol. The molecule has 16 heavy (non-hydrogen) atoms. The van der Waals surface area contributed by atoms with Crippen LogP contribution in [-0.4, -0.2) is 24.1 Å². The summed E-state index contributed by atoms with van der Waals surface area (Å²) in [6, 6.07) is 8.05. The number of nitrogens with zero attached hydrogens (tertiary/aromatic N) is 2. The summed E-state index contributed by atoms with van der Waals surface area (Å²) in [5.41, 5.74) is 2.30. The zero-order valence-corrected chi connectivity index (χ0v) is 11.1. The van der Waals surface area contributed by atoms with Gasteiger partial charge in [0.2, 0.25) is 0 Å². The van der Waals surface area contributed by atoms with Gasteiger partial charge in [-0.3, -0.25) is 0 Å². The Labute approximate surface area is 100 Å². The number of fused-ring (bicyclic) bond motifs is 1. The van der Waals surface area contributed by atoms with Crippen LogP contribution in [0.25, 0.3) is 11.0 Å². The summed E-state index contributed by atoms with van der Waals surface area (Å²) >= 11 is 0.727. The molecule has 0 amide bonds. The van der Waals surface area contributed by atoms with E-state index >= 15 is 0 Å². The van der Waals surface area contributed by atoms with Crippen LogP contribution in [0.5, 0.6) is 0 Å². The summed E-state index contributed by atoms with van der Waals surface area (Å²) in [4.78, 5) is 12.3. The molecule has 3 rings (SSSR count). The van der Waals surface area contributed by atoms with Crippen LogP contribution in [0.4, 0.5) is 0 Å². The number of rotatable bonds is 1. The maximum absolute atomic E-state index is 12.3. The quantitative estimate of drug-likeness (QED) is 0.730. The molecule has 1 aromatic carbocycles. The normalized spacial score (nSPS) is 18.6. The molecule has 0 atom stereocenters. The Kier molecular flexibility index (Phi) is 2.07. The first-order valence-corrected chi connectivity index (χ1v) is 7.80. The van der Waals surface area contributed by atoms with E-state index in [0.717, 1.165) is 26.0 Å². The van der Waals surface area contributed by atoms with Crippen molar-refractivity contribution in [1.29, 1.82) is 0 Å². The van der Waals surface area contributed by atoms with E-state index in [1.807, 2.05) is 35.9 Å². The van der Waals surface area contributed by atoms with Crippen molar-refractivity contribution in [2.75, 3.05) is 0 Å². The fraction of sp³-hybridized carbons (Fsp3) is 0.417. The molecule has 1 saturated heterocycles. The van der Waals surface area contributed by atoms with Crippen LogP contribution in [0, 0.1) is 0 Å². The summed E-state index contributed by atoms with van der Waals surface area (Å²) in [7, 11) is 1.86. The molecule has 2 aromatic rings. The molecule has 3 nitrogen and oxygen atoms in total. The van der Waals surface area contributed by atoms with Crippen LogP contribution in [0.1, 0.15) is 6.92 Å². The van der Waals surface area contributed by atoms with E-state index in [0.29, 0.717) is 0 Å². The van der Waals surface area contributed by atoms with Gasteiger partial charge in [-0.2, -0.15) is 0 Å². The third-order valence-electron chi connectivity index (χ3n) is 3.33. The molecule has 1 aromatic heterocycles. The van der Waals surface area contributed by atoms with Crippen molar-refractivity contribution in [3.05, 3.63) is 34.7 Å². The zero-order valence-electron chi connectivity index (χ0n) is 9.43. The Morgan fingerprint density at radius 3 is 2.44 bits per heavy atom. The van der Waals surface area contributed by atoms with Crippen molar-refractivity contribution in [1.82, 2.24) is 9.13 Å². The third kappa shape index (κ3) is 1.17. The first-order chi connectivity index (χ1) is 7.63. The van der Waals surface area contributed by atoms with E-state index in [9.17, 15) is 4.79 Å². The molecular formula is C12H14N2OSe. The summed E-state index contributed by atoms with van der Waals surface area (Å²) in [5, 5.41) is 2.35. The van der Waals surface area contributed by atoms with Crippen LogP contribution in [0.3, 0.4) is 0 Å². The number of aryl methyl sites for hydroxylation is 1. The van der Waals surface area contributed by atoms with E-state index in [2.05, 4.69) is 6.92 Å². The average Bonchev–Trinajstić information content (AvgIpc) is 2.50. The Morgan fingerprint density at radius 1 is 1.25 bits per heavy atom. The molecule has 0 N–H and O–H groups in total. The van der Waals surface area contributed by atoms with Gasteiger partial charge in [-0.05, 0) is 0 Å². The molecule has 84 valence electrons. The van der Waals surface area contributed by atoms with Crippen molar-refractivity contribution in [3.8, 4) is 0 Å². The van der Waals surface area contributed by atoms with Gasteiger partial charge in [-0.1, -0.05) is 0 Å². The van der Waals surface area contributed by atoms with Gasteiger partial charge in [-0.25, -0.2) is 0 Å². The van der Waals surface area contributed by atoms with Gasteiger partial charge in [0, 0.05) is 0 Å². The molecule has 0 saturated carbocycles. The van der Waals surface area contributed by atoms with Gasteiger partial charge < -0.3 is 0 Å². The van der Waals surface area contributed by atoms with Gasteiger partial charge in [0.05, 0.1) is 0 Å². The van der Waals surface area contributed by atoms with E-state index in [4.69, 9.17) is 0 Å². The average molecular weight is 281 g/mol. The maximum atomic E-state index is 12.3. The van der Waals surface area contributed by atoms with Crippen LogP contribution in [-0.2, 0) is 12.6 Å².